The van der Waals surface area contributed by atoms with Crippen LogP contribution in [0.2, 0.25) is 0 Å². The van der Waals surface area contributed by atoms with Crippen LogP contribution in [0.15, 0.2) is 0 Å². The molecule has 0 amide bonds. The zero-order valence-corrected chi connectivity index (χ0v) is 20.1. The van der Waals surface area contributed by atoms with Gasteiger partial charge < -0.3 is 58.8 Å². The first kappa shape index (κ1) is 99.1. The molecule has 0 bridgehead atoms. The van der Waals surface area contributed by atoms with Gasteiger partial charge in [-0.15, -0.1) is 0 Å². The quantitative estimate of drug-likeness (QED) is 0.132. The van der Waals surface area contributed by atoms with Crippen molar-refractivity contribution in [1.82, 2.24) is 36.9 Å². The third-order valence-electron chi connectivity index (χ3n) is 0. The molecule has 32 N–H and O–H groups in total. The molecule has 176 valence electrons. The van der Waals surface area contributed by atoms with Gasteiger partial charge in [0.2, 0.25) is 0 Å². The summed E-state index contributed by atoms with van der Waals surface area (Å²) >= 11 is -18.1. The first-order valence-electron chi connectivity index (χ1n) is 2.00. The first-order valence-corrected chi connectivity index (χ1v) is 11.8. The van der Waals surface area contributed by atoms with Gasteiger partial charge in [0.05, 0.1) is 0 Å². The van der Waals surface area contributed by atoms with Crippen LogP contribution >= 0.6 is 0 Å². The zero-order chi connectivity index (χ0) is 13.5. The Labute approximate surface area is 151 Å². The summed E-state index contributed by atoms with van der Waals surface area (Å²) in [5.41, 5.74) is 0. The monoisotopic (exact) mass is 666 g/mol. The van der Waals surface area contributed by atoms with E-state index in [1.807, 2.05) is 0 Å². The Morgan fingerprint density at radius 3 is 0.320 bits per heavy atom. The Morgan fingerprint density at radius 1 is 0.320 bits per heavy atom. The SMILES string of the molecule is O.O.O.O.[NH4+].[NH4+].[NH4+].[NH4+].[NH4+].[NH4+].[O]=[Mo](=[O])([O-])[O-].[O]=[Mo](=[O])([O-])[O-].[O]=[Mo](=[O])([O-])[O-]. The Balaban J connectivity index is -0.00000000655. The van der Waals surface area contributed by atoms with E-state index in [4.69, 9.17) is 42.9 Å². The van der Waals surface area contributed by atoms with Gasteiger partial charge in [0.25, 0.3) is 0 Å². The average molecular weight is 660 g/mol. The van der Waals surface area contributed by atoms with Crippen LogP contribution in [0.4, 0.5) is 0 Å². The van der Waals surface area contributed by atoms with E-state index in [0.717, 1.165) is 0 Å². The van der Waals surface area contributed by atoms with Crippen LogP contribution in [0.5, 0.6) is 0 Å². The Morgan fingerprint density at radius 2 is 0.320 bits per heavy atom. The summed E-state index contributed by atoms with van der Waals surface area (Å²) in [6.07, 6.45) is 0. The molecule has 0 fully saturated rings. The summed E-state index contributed by atoms with van der Waals surface area (Å²) in [4.78, 5) is 0. The molecule has 0 aromatic rings. The fourth-order valence-corrected chi connectivity index (χ4v) is 0. The zero-order valence-electron chi connectivity index (χ0n) is 14.1. The molecular weight excluding hydrogens is 628 g/mol. The van der Waals surface area contributed by atoms with Gasteiger partial charge in [-0.2, -0.15) is 0 Å². The van der Waals surface area contributed by atoms with Crippen molar-refractivity contribution in [3.05, 3.63) is 0 Å². The topological polar surface area (TPSA) is 586 Å². The van der Waals surface area contributed by atoms with E-state index >= 15 is 0 Å². The van der Waals surface area contributed by atoms with Gasteiger partial charge in [-0.25, -0.2) is 0 Å². The summed E-state index contributed by atoms with van der Waals surface area (Å²) in [5.74, 6) is 0. The predicted octanol–water partition coefficient (Wildman–Crippen LogP) is -8.90. The standard InChI is InChI=1S/3Mo.6H3N.4H2O.12O/h;;;6*1H3;4*1H2;;;;;;;;;;;;/q;;;;;;;;;;;;;;;;;;;6*-1/p+6. The molecule has 0 aliphatic rings. The van der Waals surface area contributed by atoms with E-state index in [-0.39, 0.29) is 58.8 Å². The summed E-state index contributed by atoms with van der Waals surface area (Å²) in [5, 5.41) is 0. The molecule has 25 heteroatoms. The van der Waals surface area contributed by atoms with Crippen LogP contribution in [0, 0.1) is 0 Å². The molecular formula is H32Mo3N6O16. The summed E-state index contributed by atoms with van der Waals surface area (Å²) in [6, 6.07) is 0. The van der Waals surface area contributed by atoms with E-state index in [1.54, 1.807) is 0 Å². The van der Waals surface area contributed by atoms with Gasteiger partial charge in [-0.05, 0) is 0 Å². The molecule has 25 heavy (non-hydrogen) atoms. The van der Waals surface area contributed by atoms with Gasteiger partial charge in [-0.3, -0.25) is 0 Å². The molecule has 0 atom stereocenters. The van der Waals surface area contributed by atoms with Gasteiger partial charge in [0, 0.05) is 0 Å². The van der Waals surface area contributed by atoms with Crippen molar-refractivity contribution in [2.24, 2.45) is 0 Å². The summed E-state index contributed by atoms with van der Waals surface area (Å²) in [6.45, 7) is 0. The molecule has 0 heterocycles. The summed E-state index contributed by atoms with van der Waals surface area (Å²) < 4.78 is 104. The molecule has 0 aromatic heterocycles. The molecule has 0 aliphatic carbocycles. The molecule has 0 aromatic carbocycles. The van der Waals surface area contributed by atoms with E-state index < -0.39 is 50.2 Å². The first-order chi connectivity index (χ1) is 6.00. The summed E-state index contributed by atoms with van der Waals surface area (Å²) in [7, 11) is 0. The number of hydrogen-bond acceptors (Lipinski definition) is 12. The molecule has 0 spiro atoms. The van der Waals surface area contributed by atoms with Crippen molar-refractivity contribution in [3.8, 4) is 0 Å². The van der Waals surface area contributed by atoms with E-state index in [0.29, 0.717) is 0 Å². The normalized spacial score (nSPS) is 6.96. The Bertz CT molecular complexity index is 353. The van der Waals surface area contributed by atoms with Crippen molar-refractivity contribution in [1.29, 1.82) is 0 Å². The van der Waals surface area contributed by atoms with Crippen LogP contribution in [0.1, 0.15) is 0 Å². The van der Waals surface area contributed by atoms with E-state index in [1.165, 1.54) is 0 Å². The van der Waals surface area contributed by atoms with Gasteiger partial charge in [-0.1, -0.05) is 0 Å². The van der Waals surface area contributed by atoms with Crippen LogP contribution in [-0.4, -0.2) is 21.9 Å². The van der Waals surface area contributed by atoms with Crippen molar-refractivity contribution < 1.29 is 115 Å². The fraction of sp³-hybridized carbons (Fsp3) is 0. The van der Waals surface area contributed by atoms with E-state index in [2.05, 4.69) is 0 Å². The molecule has 0 saturated carbocycles. The predicted molar refractivity (Wildman–Crippen MR) is 54.5 cm³/mol. The molecule has 0 aliphatic heterocycles. The number of hydrogen-bond donors (Lipinski definition) is 6. The fourth-order valence-electron chi connectivity index (χ4n) is 0. The van der Waals surface area contributed by atoms with Crippen molar-refractivity contribution in [3.63, 3.8) is 0 Å². The molecule has 0 radical (unpaired) electrons. The Hall–Kier alpha value is 0.225. The van der Waals surface area contributed by atoms with Crippen LogP contribution in [0.3, 0.4) is 0 Å². The molecule has 0 unspecified atom stereocenters. The van der Waals surface area contributed by atoms with Crippen LogP contribution in [-0.2, 0) is 70.6 Å². The van der Waals surface area contributed by atoms with Gasteiger partial charge in [0.15, 0.2) is 0 Å². The van der Waals surface area contributed by atoms with Crippen LogP contribution in [0.25, 0.3) is 0 Å². The number of quaternary nitrogens is 6. The maximum atomic E-state index is 8.63. The minimum atomic E-state index is -6.02. The minimum absolute atomic E-state index is 0. The van der Waals surface area contributed by atoms with Crippen LogP contribution < -0.4 is 59.5 Å². The maximum absolute atomic E-state index is 8.63. The van der Waals surface area contributed by atoms with Crippen molar-refractivity contribution >= 4 is 0 Å². The molecule has 0 saturated heterocycles. The Kier molecular flexibility index (Phi) is 156. The van der Waals surface area contributed by atoms with Gasteiger partial charge in [0.1, 0.15) is 0 Å². The molecule has 22 nitrogen and oxygen atoms in total. The van der Waals surface area contributed by atoms with Crippen molar-refractivity contribution in [2.45, 2.75) is 0 Å². The third-order valence-corrected chi connectivity index (χ3v) is 0. The average Bonchev–Trinajstić information content (AvgIpc) is 1.41. The van der Waals surface area contributed by atoms with Crippen molar-refractivity contribution in [2.75, 3.05) is 0 Å². The van der Waals surface area contributed by atoms with Gasteiger partial charge >= 0.3 is 93.2 Å². The second-order valence-corrected chi connectivity index (χ2v) is 7.25. The van der Waals surface area contributed by atoms with E-state index in [9.17, 15) is 0 Å². The number of rotatable bonds is 0. The molecule has 0 rings (SSSR count). The second-order valence-electron chi connectivity index (χ2n) is 1.22. The second kappa shape index (κ2) is 39.3. The third kappa shape index (κ3) is 236000.